The average Bonchev–Trinajstić information content (AvgIpc) is 2.83. The van der Waals surface area contributed by atoms with E-state index in [2.05, 4.69) is 4.90 Å². The number of non-ortho nitro benzene ring substituents is 1. The Hall–Kier alpha value is -2.86. The molecule has 12 heteroatoms. The van der Waals surface area contributed by atoms with Crippen molar-refractivity contribution in [1.29, 1.82) is 0 Å². The molecule has 0 bridgehead atoms. The summed E-state index contributed by atoms with van der Waals surface area (Å²) < 4.78 is 29.5. The molecule has 2 heterocycles. The van der Waals surface area contributed by atoms with Crippen LogP contribution in [0.1, 0.15) is 32.6 Å². The minimum absolute atomic E-state index is 0.0196. The number of nitro benzene ring substituents is 1. The van der Waals surface area contributed by atoms with E-state index in [9.17, 15) is 23.3 Å². The van der Waals surface area contributed by atoms with E-state index in [0.29, 0.717) is 41.4 Å². The third kappa shape index (κ3) is 4.68. The van der Waals surface area contributed by atoms with Crippen LogP contribution in [-0.4, -0.2) is 57.8 Å². The van der Waals surface area contributed by atoms with Gasteiger partial charge in [-0.15, -0.1) is 0 Å². The highest BCUT2D eigenvalue weighted by Crippen LogP contribution is 2.28. The quantitative estimate of drug-likeness (QED) is 0.361. The highest BCUT2D eigenvalue weighted by atomic mass is 35.5. The summed E-state index contributed by atoms with van der Waals surface area (Å²) in [4.78, 5) is 30.3. The van der Waals surface area contributed by atoms with Crippen LogP contribution in [0.4, 0.5) is 5.69 Å². The van der Waals surface area contributed by atoms with E-state index in [1.165, 1.54) is 28.6 Å². The third-order valence-corrected chi connectivity index (χ3v) is 8.70. The first-order valence-electron chi connectivity index (χ1n) is 11.2. The van der Waals surface area contributed by atoms with Gasteiger partial charge in [-0.1, -0.05) is 11.6 Å². The van der Waals surface area contributed by atoms with Crippen LogP contribution in [0.15, 0.2) is 52.2 Å². The molecule has 0 radical (unpaired) electrons. The van der Waals surface area contributed by atoms with Crippen LogP contribution < -0.4 is 5.56 Å². The van der Waals surface area contributed by atoms with E-state index in [1.807, 2.05) is 20.8 Å². The van der Waals surface area contributed by atoms with Crippen LogP contribution in [0.5, 0.6) is 0 Å². The predicted octanol–water partition coefficient (Wildman–Crippen LogP) is 3.43. The lowest BCUT2D eigenvalue weighted by atomic mass is 10.1. The number of hydrogen-bond acceptors (Lipinski definition) is 7. The van der Waals surface area contributed by atoms with Crippen LogP contribution >= 0.6 is 11.6 Å². The fraction of sp³-hybridized carbons (Fsp3) is 0.391. The molecule has 1 saturated heterocycles. The molecule has 2 atom stereocenters. The molecule has 1 aliphatic heterocycles. The maximum atomic E-state index is 13.2. The van der Waals surface area contributed by atoms with Crippen molar-refractivity contribution >= 4 is 38.2 Å². The lowest BCUT2D eigenvalue weighted by Gasteiger charge is -2.41. The molecule has 4 rings (SSSR count). The van der Waals surface area contributed by atoms with Crippen LogP contribution in [0.3, 0.4) is 0 Å². The van der Waals surface area contributed by atoms with Crippen molar-refractivity contribution < 1.29 is 13.3 Å². The summed E-state index contributed by atoms with van der Waals surface area (Å²) in [6, 6.07) is 9.38. The monoisotopic (exact) mass is 519 g/mol. The van der Waals surface area contributed by atoms with Crippen LogP contribution in [0.25, 0.3) is 10.9 Å². The molecular formula is C23H26ClN5O5S. The Balaban J connectivity index is 1.59. The molecule has 2 unspecified atom stereocenters. The summed E-state index contributed by atoms with van der Waals surface area (Å²) in [6.45, 7) is 7.23. The molecule has 0 aliphatic carbocycles. The number of hydrogen-bond donors (Lipinski definition) is 0. The second kappa shape index (κ2) is 9.65. The van der Waals surface area contributed by atoms with Gasteiger partial charge in [0.15, 0.2) is 0 Å². The Kier molecular flexibility index (Phi) is 6.96. The second-order valence-corrected chi connectivity index (χ2v) is 10.9. The number of sulfonamides is 1. The standard InChI is InChI=1S/C23H26ClN5O5S/c1-4-27-22(25-21-10-5-17(24)13-20(21)23(27)30)16(3)26-11-12-28(15(2)14-26)35(33,34)19-8-6-18(7-9-19)29(31)32/h5-10,13,15-16H,4,11-12,14H2,1-3H3. The summed E-state index contributed by atoms with van der Waals surface area (Å²) in [5.74, 6) is 0.617. The van der Waals surface area contributed by atoms with E-state index >= 15 is 0 Å². The van der Waals surface area contributed by atoms with E-state index < -0.39 is 14.9 Å². The maximum Gasteiger partial charge on any atom is 0.269 e. The van der Waals surface area contributed by atoms with E-state index in [0.717, 1.165) is 0 Å². The normalized spacial score (nSPS) is 18.6. The minimum atomic E-state index is -3.82. The van der Waals surface area contributed by atoms with Gasteiger partial charge in [-0.2, -0.15) is 4.31 Å². The number of aromatic nitrogens is 2. The van der Waals surface area contributed by atoms with Crippen molar-refractivity contribution in [3.05, 3.63) is 73.8 Å². The molecule has 1 aromatic heterocycles. The number of fused-ring (bicyclic) bond motifs is 1. The van der Waals surface area contributed by atoms with Crippen LogP contribution in [0.2, 0.25) is 5.02 Å². The summed E-state index contributed by atoms with van der Waals surface area (Å²) in [5, 5.41) is 11.8. The highest BCUT2D eigenvalue weighted by Gasteiger charge is 2.36. The predicted molar refractivity (Wildman–Crippen MR) is 133 cm³/mol. The molecule has 1 fully saturated rings. The minimum Gasteiger partial charge on any atom is -0.295 e. The Morgan fingerprint density at radius 1 is 1.20 bits per heavy atom. The Morgan fingerprint density at radius 3 is 2.49 bits per heavy atom. The van der Waals surface area contributed by atoms with E-state index in [-0.39, 0.29) is 34.8 Å². The number of piperazine rings is 1. The molecular weight excluding hydrogens is 494 g/mol. The highest BCUT2D eigenvalue weighted by molar-refractivity contribution is 7.89. The van der Waals surface area contributed by atoms with Gasteiger partial charge < -0.3 is 0 Å². The zero-order valence-corrected chi connectivity index (χ0v) is 21.2. The molecule has 35 heavy (non-hydrogen) atoms. The topological polar surface area (TPSA) is 119 Å². The molecule has 0 saturated carbocycles. The largest absolute Gasteiger partial charge is 0.295 e. The molecule has 0 spiro atoms. The number of halogens is 1. The zero-order valence-electron chi connectivity index (χ0n) is 19.6. The smallest absolute Gasteiger partial charge is 0.269 e. The van der Waals surface area contributed by atoms with Gasteiger partial charge in [0.1, 0.15) is 5.82 Å². The first-order valence-corrected chi connectivity index (χ1v) is 13.1. The molecule has 0 amide bonds. The van der Waals surface area contributed by atoms with E-state index in [1.54, 1.807) is 22.8 Å². The van der Waals surface area contributed by atoms with Crippen LogP contribution in [-0.2, 0) is 16.6 Å². The fourth-order valence-corrected chi connectivity index (χ4v) is 6.34. The van der Waals surface area contributed by atoms with Gasteiger partial charge in [-0.05, 0) is 51.1 Å². The van der Waals surface area contributed by atoms with E-state index in [4.69, 9.17) is 16.6 Å². The first-order chi connectivity index (χ1) is 16.5. The van der Waals surface area contributed by atoms with Gasteiger partial charge in [-0.3, -0.25) is 24.4 Å². The second-order valence-electron chi connectivity index (χ2n) is 8.57. The van der Waals surface area contributed by atoms with Crippen molar-refractivity contribution in [2.24, 2.45) is 0 Å². The Labute approximate surface area is 207 Å². The number of benzene rings is 2. The SMILES string of the molecule is CCn1c(C(C)N2CCN(S(=O)(=O)c3ccc([N+](=O)[O-])cc3)C(C)C2)nc2ccc(Cl)cc2c1=O. The maximum absolute atomic E-state index is 13.2. The van der Waals surface area contributed by atoms with Crippen molar-refractivity contribution in [2.45, 2.75) is 44.3 Å². The van der Waals surface area contributed by atoms with Crippen LogP contribution in [0, 0.1) is 10.1 Å². The average molecular weight is 520 g/mol. The van der Waals surface area contributed by atoms with Crippen molar-refractivity contribution in [3.8, 4) is 0 Å². The van der Waals surface area contributed by atoms with Gasteiger partial charge in [-0.25, -0.2) is 13.4 Å². The number of rotatable bonds is 6. The molecule has 2 aromatic carbocycles. The summed E-state index contributed by atoms with van der Waals surface area (Å²) >= 11 is 6.07. The summed E-state index contributed by atoms with van der Waals surface area (Å²) in [6.07, 6.45) is 0. The lowest BCUT2D eigenvalue weighted by Crippen LogP contribution is -2.54. The molecule has 10 nitrogen and oxygen atoms in total. The molecule has 186 valence electrons. The fourth-order valence-electron chi connectivity index (χ4n) is 4.55. The molecule has 3 aromatic rings. The first kappa shape index (κ1) is 25.2. The van der Waals surface area contributed by atoms with Gasteiger partial charge in [0, 0.05) is 49.4 Å². The Bertz CT molecular complexity index is 1440. The number of nitro groups is 1. The van der Waals surface area contributed by atoms with Crippen molar-refractivity contribution in [3.63, 3.8) is 0 Å². The lowest BCUT2D eigenvalue weighted by molar-refractivity contribution is -0.384. The molecule has 1 aliphatic rings. The third-order valence-electron chi connectivity index (χ3n) is 6.44. The summed E-state index contributed by atoms with van der Waals surface area (Å²) in [5.41, 5.74) is 0.246. The van der Waals surface area contributed by atoms with Gasteiger partial charge in [0.25, 0.3) is 11.2 Å². The number of nitrogens with zero attached hydrogens (tertiary/aromatic N) is 5. The molecule has 0 N–H and O–H groups in total. The van der Waals surface area contributed by atoms with Crippen molar-refractivity contribution in [1.82, 2.24) is 18.8 Å². The zero-order chi connectivity index (χ0) is 25.5. The van der Waals surface area contributed by atoms with Gasteiger partial charge >= 0.3 is 0 Å². The summed E-state index contributed by atoms with van der Waals surface area (Å²) in [7, 11) is -3.82. The van der Waals surface area contributed by atoms with Gasteiger partial charge in [0.2, 0.25) is 10.0 Å². The van der Waals surface area contributed by atoms with Gasteiger partial charge in [0.05, 0.1) is 26.8 Å². The van der Waals surface area contributed by atoms with Crippen molar-refractivity contribution in [2.75, 3.05) is 19.6 Å². The Morgan fingerprint density at radius 2 is 1.89 bits per heavy atom.